The molecule has 1 aliphatic heterocycles. The summed E-state index contributed by atoms with van der Waals surface area (Å²) < 4.78 is 4.69. The normalized spacial score (nSPS) is 15.0. The third-order valence-corrected chi connectivity index (χ3v) is 3.94. The van der Waals surface area contributed by atoms with Gasteiger partial charge >= 0.3 is 6.09 Å². The van der Waals surface area contributed by atoms with Crippen LogP contribution in [0.15, 0.2) is 12.4 Å². The summed E-state index contributed by atoms with van der Waals surface area (Å²) in [6.07, 6.45) is 3.70. The van der Waals surface area contributed by atoms with Crippen molar-refractivity contribution in [1.29, 1.82) is 0 Å². The molecule has 0 aliphatic carbocycles. The van der Waals surface area contributed by atoms with Crippen LogP contribution in [-0.2, 0) is 9.53 Å². The number of hydrogen-bond donors (Lipinski definition) is 2. The molecule has 1 aromatic heterocycles. The van der Waals surface area contributed by atoms with E-state index in [4.69, 9.17) is 0 Å². The third kappa shape index (κ3) is 4.88. The van der Waals surface area contributed by atoms with Crippen LogP contribution in [0.3, 0.4) is 0 Å². The Morgan fingerprint density at radius 3 is 2.44 bits per heavy atom. The van der Waals surface area contributed by atoms with Crippen molar-refractivity contribution in [2.45, 2.75) is 32.7 Å². The van der Waals surface area contributed by atoms with Crippen molar-refractivity contribution in [2.24, 2.45) is 5.92 Å². The quantitative estimate of drug-likeness (QED) is 0.839. The Kier molecular flexibility index (Phi) is 6.26. The van der Waals surface area contributed by atoms with E-state index < -0.39 is 5.91 Å². The summed E-state index contributed by atoms with van der Waals surface area (Å²) in [5.74, 6) is -0.726. The van der Waals surface area contributed by atoms with Crippen molar-refractivity contribution in [2.75, 3.05) is 25.5 Å². The predicted octanol–water partition coefficient (Wildman–Crippen LogP) is 1.03. The van der Waals surface area contributed by atoms with Gasteiger partial charge in [-0.3, -0.25) is 9.59 Å². The highest BCUT2D eigenvalue weighted by molar-refractivity contribution is 6.01. The second-order valence-corrected chi connectivity index (χ2v) is 6.10. The minimum atomic E-state index is -0.399. The van der Waals surface area contributed by atoms with E-state index in [1.807, 2.05) is 0 Å². The number of carbonyl (C=O) groups excluding carboxylic acids is 3. The Bertz CT molecular complexity index is 641. The summed E-state index contributed by atoms with van der Waals surface area (Å²) in [6.45, 7) is 4.52. The van der Waals surface area contributed by atoms with Gasteiger partial charge in [-0.05, 0) is 12.8 Å². The number of anilines is 1. The van der Waals surface area contributed by atoms with E-state index in [1.165, 1.54) is 19.5 Å². The molecule has 1 aliphatic rings. The average Bonchev–Trinajstić information content (AvgIpc) is 2.62. The lowest BCUT2D eigenvalue weighted by atomic mass is 10.1. The topological polar surface area (TPSA) is 114 Å². The minimum absolute atomic E-state index is 0.0758. The van der Waals surface area contributed by atoms with Crippen molar-refractivity contribution in [3.8, 4) is 0 Å². The molecule has 3 amide bonds. The molecule has 9 nitrogen and oxygen atoms in total. The van der Waals surface area contributed by atoms with Crippen molar-refractivity contribution < 1.29 is 19.1 Å². The Balaban J connectivity index is 1.98. The molecule has 25 heavy (non-hydrogen) atoms. The maximum Gasteiger partial charge on any atom is 0.409 e. The van der Waals surface area contributed by atoms with Gasteiger partial charge in [0, 0.05) is 37.4 Å². The van der Waals surface area contributed by atoms with Gasteiger partial charge in [0.1, 0.15) is 0 Å². The third-order valence-electron chi connectivity index (χ3n) is 3.94. The van der Waals surface area contributed by atoms with Crippen LogP contribution in [0.4, 0.5) is 10.6 Å². The lowest BCUT2D eigenvalue weighted by Gasteiger charge is -2.31. The average molecular weight is 349 g/mol. The molecule has 2 N–H and O–H groups in total. The van der Waals surface area contributed by atoms with Gasteiger partial charge in [-0.25, -0.2) is 14.8 Å². The molecule has 1 fully saturated rings. The van der Waals surface area contributed by atoms with E-state index in [1.54, 1.807) is 18.7 Å². The van der Waals surface area contributed by atoms with Gasteiger partial charge in [0.15, 0.2) is 11.5 Å². The number of likely N-dealkylation sites (tertiary alicyclic amines) is 1. The molecule has 0 atom stereocenters. The van der Waals surface area contributed by atoms with Crippen LogP contribution in [0.2, 0.25) is 0 Å². The van der Waals surface area contributed by atoms with Crippen LogP contribution in [0, 0.1) is 5.92 Å². The summed E-state index contributed by atoms with van der Waals surface area (Å²) in [6, 6.07) is -0.0796. The van der Waals surface area contributed by atoms with Crippen molar-refractivity contribution >= 4 is 23.7 Å². The highest BCUT2D eigenvalue weighted by atomic mass is 16.5. The van der Waals surface area contributed by atoms with E-state index in [0.717, 1.165) is 0 Å². The number of aromatic nitrogens is 2. The standard InChI is InChI=1S/C16H23N5O4/c1-10(2)14(22)20-13-12(17-6-7-18-13)15(23)19-11-4-8-21(9-5-11)16(24)25-3/h6-7,10-11H,4-5,8-9H2,1-3H3,(H,19,23)(H,18,20,22). The molecule has 0 unspecified atom stereocenters. The Hall–Kier alpha value is -2.71. The van der Waals surface area contributed by atoms with Crippen LogP contribution in [0.1, 0.15) is 37.2 Å². The van der Waals surface area contributed by atoms with Crippen LogP contribution in [0.5, 0.6) is 0 Å². The van der Waals surface area contributed by atoms with Gasteiger partial charge in [-0.1, -0.05) is 13.8 Å². The zero-order valence-corrected chi connectivity index (χ0v) is 14.6. The van der Waals surface area contributed by atoms with E-state index in [-0.39, 0.29) is 35.5 Å². The molecule has 0 saturated carbocycles. The number of piperidine rings is 1. The molecule has 0 aromatic carbocycles. The Morgan fingerprint density at radius 2 is 1.84 bits per heavy atom. The van der Waals surface area contributed by atoms with Gasteiger partial charge in [-0.15, -0.1) is 0 Å². The number of nitrogens with zero attached hydrogens (tertiary/aromatic N) is 3. The van der Waals surface area contributed by atoms with Crippen molar-refractivity contribution in [3.63, 3.8) is 0 Å². The number of ether oxygens (including phenoxy) is 1. The second-order valence-electron chi connectivity index (χ2n) is 6.10. The first-order chi connectivity index (χ1) is 11.9. The van der Waals surface area contributed by atoms with Crippen molar-refractivity contribution in [1.82, 2.24) is 20.2 Å². The van der Waals surface area contributed by atoms with Gasteiger partial charge in [-0.2, -0.15) is 0 Å². The summed E-state index contributed by atoms with van der Waals surface area (Å²) in [5.41, 5.74) is 0.0758. The number of methoxy groups -OCH3 is 1. The van der Waals surface area contributed by atoms with E-state index in [0.29, 0.717) is 25.9 Å². The fourth-order valence-electron chi connectivity index (χ4n) is 2.45. The van der Waals surface area contributed by atoms with Gasteiger partial charge in [0.25, 0.3) is 5.91 Å². The monoisotopic (exact) mass is 349 g/mol. The largest absolute Gasteiger partial charge is 0.453 e. The number of hydrogen-bond acceptors (Lipinski definition) is 6. The maximum atomic E-state index is 12.5. The number of amides is 3. The van der Waals surface area contributed by atoms with E-state index in [2.05, 4.69) is 25.3 Å². The first-order valence-electron chi connectivity index (χ1n) is 8.18. The van der Waals surface area contributed by atoms with Crippen LogP contribution >= 0.6 is 0 Å². The van der Waals surface area contributed by atoms with E-state index >= 15 is 0 Å². The van der Waals surface area contributed by atoms with Gasteiger partial charge < -0.3 is 20.3 Å². The fraction of sp³-hybridized carbons (Fsp3) is 0.562. The molecular formula is C16H23N5O4. The molecule has 1 aromatic rings. The van der Waals surface area contributed by atoms with Gasteiger partial charge in [0.05, 0.1) is 7.11 Å². The zero-order chi connectivity index (χ0) is 18.4. The predicted molar refractivity (Wildman–Crippen MR) is 90.0 cm³/mol. The highest BCUT2D eigenvalue weighted by Crippen LogP contribution is 2.14. The summed E-state index contributed by atoms with van der Waals surface area (Å²) in [7, 11) is 1.34. The molecule has 2 rings (SSSR count). The molecular weight excluding hydrogens is 326 g/mol. The molecule has 2 heterocycles. The number of nitrogens with one attached hydrogen (secondary N) is 2. The van der Waals surface area contributed by atoms with Gasteiger partial charge in [0.2, 0.25) is 5.91 Å². The van der Waals surface area contributed by atoms with Crippen LogP contribution in [0.25, 0.3) is 0 Å². The lowest BCUT2D eigenvalue weighted by Crippen LogP contribution is -2.46. The molecule has 136 valence electrons. The SMILES string of the molecule is COC(=O)N1CCC(NC(=O)c2nccnc2NC(=O)C(C)C)CC1. The van der Waals surface area contributed by atoms with Crippen molar-refractivity contribution in [3.05, 3.63) is 18.1 Å². The molecule has 0 radical (unpaired) electrons. The number of carbonyl (C=O) groups is 3. The summed E-state index contributed by atoms with van der Waals surface area (Å²) >= 11 is 0. The fourth-order valence-corrected chi connectivity index (χ4v) is 2.45. The summed E-state index contributed by atoms with van der Waals surface area (Å²) in [5, 5.41) is 5.50. The smallest absolute Gasteiger partial charge is 0.409 e. The minimum Gasteiger partial charge on any atom is -0.453 e. The first kappa shape index (κ1) is 18.6. The van der Waals surface area contributed by atoms with Crippen LogP contribution in [-0.4, -0.2) is 59.0 Å². The van der Waals surface area contributed by atoms with E-state index in [9.17, 15) is 14.4 Å². The Morgan fingerprint density at radius 1 is 1.20 bits per heavy atom. The number of rotatable bonds is 4. The first-order valence-corrected chi connectivity index (χ1v) is 8.18. The zero-order valence-electron chi connectivity index (χ0n) is 14.6. The molecule has 9 heteroatoms. The molecule has 0 spiro atoms. The maximum absolute atomic E-state index is 12.5. The van der Waals surface area contributed by atoms with Crippen LogP contribution < -0.4 is 10.6 Å². The second kappa shape index (κ2) is 8.41. The molecule has 0 bridgehead atoms. The molecule has 1 saturated heterocycles. The highest BCUT2D eigenvalue weighted by Gasteiger charge is 2.26. The Labute approximate surface area is 146 Å². The summed E-state index contributed by atoms with van der Waals surface area (Å²) in [4.78, 5) is 45.5. The lowest BCUT2D eigenvalue weighted by molar-refractivity contribution is -0.118.